The first-order valence-electron chi connectivity index (χ1n) is 12.4. The van der Waals surface area contributed by atoms with Gasteiger partial charge in [-0.1, -0.05) is 30.3 Å². The fourth-order valence-electron chi connectivity index (χ4n) is 5.21. The van der Waals surface area contributed by atoms with Crippen LogP contribution in [0.2, 0.25) is 0 Å². The van der Waals surface area contributed by atoms with E-state index in [0.717, 1.165) is 27.1 Å². The van der Waals surface area contributed by atoms with Crippen molar-refractivity contribution in [3.05, 3.63) is 89.1 Å². The van der Waals surface area contributed by atoms with Gasteiger partial charge in [0.2, 0.25) is 5.91 Å². The first-order valence-corrected chi connectivity index (χ1v) is 12.4. The van der Waals surface area contributed by atoms with Crippen molar-refractivity contribution in [2.75, 3.05) is 19.8 Å². The van der Waals surface area contributed by atoms with Gasteiger partial charge in [0.25, 0.3) is 0 Å². The number of amides is 1. The van der Waals surface area contributed by atoms with Crippen molar-refractivity contribution in [2.45, 2.75) is 25.7 Å². The molecule has 0 radical (unpaired) electrons. The molecule has 0 saturated carbocycles. The summed E-state index contributed by atoms with van der Waals surface area (Å²) in [6, 6.07) is 16.4. The molecule has 1 unspecified atom stereocenters. The van der Waals surface area contributed by atoms with E-state index in [0.29, 0.717) is 16.7 Å². The predicted molar refractivity (Wildman–Crippen MR) is 139 cm³/mol. The molecule has 1 fully saturated rings. The zero-order valence-electron chi connectivity index (χ0n) is 20.9. The van der Waals surface area contributed by atoms with Gasteiger partial charge in [-0.2, -0.15) is 18.3 Å². The molecule has 4 heterocycles. The van der Waals surface area contributed by atoms with E-state index in [2.05, 4.69) is 5.10 Å². The van der Waals surface area contributed by atoms with Crippen molar-refractivity contribution in [1.82, 2.24) is 23.6 Å². The Kier molecular flexibility index (Phi) is 6.02. The summed E-state index contributed by atoms with van der Waals surface area (Å²) >= 11 is 0. The van der Waals surface area contributed by atoms with Crippen molar-refractivity contribution in [3.63, 3.8) is 0 Å². The van der Waals surface area contributed by atoms with E-state index in [1.54, 1.807) is 22.8 Å². The summed E-state index contributed by atoms with van der Waals surface area (Å²) in [7, 11) is 0. The van der Waals surface area contributed by atoms with Crippen LogP contribution in [0.1, 0.15) is 5.56 Å². The van der Waals surface area contributed by atoms with E-state index in [4.69, 9.17) is 4.74 Å². The van der Waals surface area contributed by atoms with Crippen LogP contribution in [0.3, 0.4) is 0 Å². The quantitative estimate of drug-likeness (QED) is 0.346. The van der Waals surface area contributed by atoms with Gasteiger partial charge in [0.05, 0.1) is 41.6 Å². The van der Waals surface area contributed by atoms with Crippen LogP contribution in [0.15, 0.2) is 77.9 Å². The zero-order chi connectivity index (χ0) is 27.3. The average molecular weight is 536 g/mol. The van der Waals surface area contributed by atoms with Crippen LogP contribution in [0.4, 0.5) is 13.2 Å². The Morgan fingerprint density at radius 1 is 1.05 bits per heavy atom. The molecule has 200 valence electrons. The van der Waals surface area contributed by atoms with Gasteiger partial charge in [0.15, 0.2) is 6.04 Å². The number of aromatic nitrogens is 4. The van der Waals surface area contributed by atoms with E-state index in [1.807, 2.05) is 61.7 Å². The van der Waals surface area contributed by atoms with Gasteiger partial charge in [-0.05, 0) is 48.4 Å². The number of alkyl halides is 3. The summed E-state index contributed by atoms with van der Waals surface area (Å²) < 4.78 is 50.2. The second-order valence-corrected chi connectivity index (χ2v) is 9.50. The van der Waals surface area contributed by atoms with Crippen LogP contribution >= 0.6 is 0 Å². The largest absolute Gasteiger partial charge is 0.411 e. The number of imidazole rings is 1. The van der Waals surface area contributed by atoms with Crippen LogP contribution in [0.25, 0.3) is 33.4 Å². The van der Waals surface area contributed by atoms with E-state index in [1.165, 1.54) is 9.13 Å². The highest BCUT2D eigenvalue weighted by molar-refractivity contribution is 5.85. The second-order valence-electron chi connectivity index (χ2n) is 9.50. The molecular weight excluding hydrogens is 511 g/mol. The highest BCUT2D eigenvalue weighted by Gasteiger charge is 2.47. The maximum Gasteiger partial charge on any atom is 0.411 e. The first kappa shape index (κ1) is 24.9. The smallest absolute Gasteiger partial charge is 0.377 e. The highest BCUT2D eigenvalue weighted by Crippen LogP contribution is 2.29. The van der Waals surface area contributed by atoms with Crippen LogP contribution in [-0.2, 0) is 16.1 Å². The number of fused-ring (bicyclic) bond motifs is 2. The Morgan fingerprint density at radius 3 is 2.59 bits per heavy atom. The second kappa shape index (κ2) is 9.42. The zero-order valence-corrected chi connectivity index (χ0v) is 20.9. The summed E-state index contributed by atoms with van der Waals surface area (Å²) in [6.07, 6.45) is -0.994. The van der Waals surface area contributed by atoms with Crippen LogP contribution < -0.4 is 5.69 Å². The van der Waals surface area contributed by atoms with Crippen molar-refractivity contribution in [3.8, 4) is 16.8 Å². The lowest BCUT2D eigenvalue weighted by molar-refractivity contribution is -0.213. The summed E-state index contributed by atoms with van der Waals surface area (Å²) in [5, 5.41) is 4.38. The number of morpholine rings is 1. The van der Waals surface area contributed by atoms with Gasteiger partial charge in [-0.15, -0.1) is 0 Å². The molecule has 0 bridgehead atoms. The molecule has 1 amide bonds. The first-order chi connectivity index (χ1) is 18.7. The van der Waals surface area contributed by atoms with Crippen LogP contribution in [0.5, 0.6) is 0 Å². The van der Waals surface area contributed by atoms with Gasteiger partial charge < -0.3 is 9.64 Å². The maximum atomic E-state index is 13.7. The molecule has 0 aliphatic carbocycles. The number of pyridine rings is 1. The van der Waals surface area contributed by atoms with Crippen molar-refractivity contribution in [1.29, 1.82) is 0 Å². The molecule has 11 heteroatoms. The Hall–Kier alpha value is -4.38. The minimum atomic E-state index is -4.63. The van der Waals surface area contributed by atoms with Crippen molar-refractivity contribution >= 4 is 22.5 Å². The minimum absolute atomic E-state index is 0.00707. The van der Waals surface area contributed by atoms with Crippen LogP contribution in [0, 0.1) is 6.92 Å². The molecule has 1 saturated heterocycles. The molecule has 8 nitrogen and oxygen atoms in total. The normalized spacial score (nSPS) is 16.3. The van der Waals surface area contributed by atoms with Gasteiger partial charge >= 0.3 is 11.9 Å². The minimum Gasteiger partial charge on any atom is -0.377 e. The van der Waals surface area contributed by atoms with Gasteiger partial charge in [-0.25, -0.2) is 9.31 Å². The predicted octanol–water partition coefficient (Wildman–Crippen LogP) is 4.21. The lowest BCUT2D eigenvalue weighted by Gasteiger charge is -2.36. The molecular formula is C28H24F3N5O3. The van der Waals surface area contributed by atoms with Gasteiger partial charge in [0.1, 0.15) is 6.54 Å². The highest BCUT2D eigenvalue weighted by atomic mass is 19.4. The number of carbonyl (C=O) groups is 1. The van der Waals surface area contributed by atoms with E-state index in [9.17, 15) is 22.8 Å². The number of ether oxygens (including phenoxy) is 1. The number of carbonyl (C=O) groups excluding carboxylic acids is 1. The lowest BCUT2D eigenvalue weighted by atomic mass is 10.1. The van der Waals surface area contributed by atoms with E-state index >= 15 is 0 Å². The van der Waals surface area contributed by atoms with E-state index in [-0.39, 0.29) is 13.2 Å². The molecule has 0 N–H and O–H groups in total. The molecule has 1 atom stereocenters. The average Bonchev–Trinajstić information content (AvgIpc) is 3.48. The Bertz CT molecular complexity index is 1750. The van der Waals surface area contributed by atoms with Crippen LogP contribution in [-0.4, -0.2) is 61.5 Å². The number of rotatable bonds is 4. The van der Waals surface area contributed by atoms with Gasteiger partial charge in [0, 0.05) is 18.3 Å². The fraction of sp³-hybridized carbons (Fsp3) is 0.250. The molecule has 39 heavy (non-hydrogen) atoms. The molecule has 1 aliphatic heterocycles. The summed E-state index contributed by atoms with van der Waals surface area (Å²) in [5.41, 5.74) is 4.71. The molecule has 6 rings (SSSR count). The molecule has 0 spiro atoms. The lowest BCUT2D eigenvalue weighted by Crippen LogP contribution is -2.56. The molecule has 5 aromatic rings. The number of hydrogen-bond acceptors (Lipinski definition) is 4. The standard InChI is InChI=1S/C28H24F3N5O3/c1-18-5-4-7-23-26(18)36(20-10-8-19(9-11-20)21-15-32-35-12-3-2-6-22(21)35)27(38)34(23)16-25(37)33-13-14-39-17-24(33)28(29,30)31/h2-12,15,24H,13-14,16-17H2,1H3. The topological polar surface area (TPSA) is 73.8 Å². The number of halogens is 3. The number of aryl methyl sites for hydroxylation is 1. The summed E-state index contributed by atoms with van der Waals surface area (Å²) in [4.78, 5) is 27.6. The third-order valence-corrected chi connectivity index (χ3v) is 7.14. The number of hydrogen-bond donors (Lipinski definition) is 0. The van der Waals surface area contributed by atoms with Crippen molar-refractivity contribution < 1.29 is 22.7 Å². The van der Waals surface area contributed by atoms with E-state index < -0.39 is 37.0 Å². The molecule has 1 aliphatic rings. The molecule has 2 aromatic carbocycles. The number of benzene rings is 2. The Morgan fingerprint density at radius 2 is 1.82 bits per heavy atom. The SMILES string of the molecule is Cc1cccc2c1n(-c1ccc(-c3cnn4ccccc34)cc1)c(=O)n2CC(=O)N1CCOCC1C(F)(F)F. The third kappa shape index (κ3) is 4.28. The number of para-hydroxylation sites is 1. The summed E-state index contributed by atoms with van der Waals surface area (Å²) in [6.45, 7) is 0.524. The Balaban J connectivity index is 1.39. The maximum absolute atomic E-state index is 13.7. The Labute approximate surface area is 220 Å². The van der Waals surface area contributed by atoms with Crippen molar-refractivity contribution in [2.24, 2.45) is 0 Å². The third-order valence-electron chi connectivity index (χ3n) is 7.14. The summed E-state index contributed by atoms with van der Waals surface area (Å²) in [5.74, 6) is -0.785. The number of nitrogens with zero attached hydrogens (tertiary/aromatic N) is 5. The fourth-order valence-corrected chi connectivity index (χ4v) is 5.21. The molecule has 3 aromatic heterocycles. The van der Waals surface area contributed by atoms with Gasteiger partial charge in [-0.3, -0.25) is 13.9 Å². The monoisotopic (exact) mass is 535 g/mol.